The van der Waals surface area contributed by atoms with E-state index in [1.54, 1.807) is 19.9 Å². The lowest BCUT2D eigenvalue weighted by Crippen LogP contribution is -2.14. The number of nitrogens with one attached hydrogen (secondary N) is 1. The van der Waals surface area contributed by atoms with Crippen LogP contribution in [0.2, 0.25) is 0 Å². The first-order valence-corrected chi connectivity index (χ1v) is 11.7. The molecular weight excluding hydrogens is 458 g/mol. The monoisotopic (exact) mass is 485 g/mol. The SMILES string of the molecule is CCCOC(=O)c1c(NC(=O)c2ccc(COc3cccc(C)c3)o2)sc(C(=O)OCC)c1C. The van der Waals surface area contributed by atoms with Gasteiger partial charge < -0.3 is 23.9 Å². The highest BCUT2D eigenvalue weighted by Gasteiger charge is 2.28. The summed E-state index contributed by atoms with van der Waals surface area (Å²) in [6, 6.07) is 10.8. The first-order chi connectivity index (χ1) is 16.3. The van der Waals surface area contributed by atoms with Crippen molar-refractivity contribution in [1.82, 2.24) is 0 Å². The molecule has 3 aromatic rings. The van der Waals surface area contributed by atoms with E-state index in [-0.39, 0.29) is 41.0 Å². The average molecular weight is 486 g/mol. The molecule has 180 valence electrons. The van der Waals surface area contributed by atoms with Crippen LogP contribution in [-0.2, 0) is 16.1 Å². The molecule has 0 spiro atoms. The minimum atomic E-state index is -0.617. The lowest BCUT2D eigenvalue weighted by Gasteiger charge is -2.07. The van der Waals surface area contributed by atoms with Crippen LogP contribution in [-0.4, -0.2) is 31.1 Å². The molecule has 0 atom stereocenters. The summed E-state index contributed by atoms with van der Waals surface area (Å²) >= 11 is 0.961. The van der Waals surface area contributed by atoms with Crippen molar-refractivity contribution in [3.63, 3.8) is 0 Å². The summed E-state index contributed by atoms with van der Waals surface area (Å²) in [5, 5.41) is 2.87. The fourth-order valence-electron chi connectivity index (χ4n) is 3.11. The van der Waals surface area contributed by atoms with Gasteiger partial charge in [-0.3, -0.25) is 4.79 Å². The van der Waals surface area contributed by atoms with E-state index >= 15 is 0 Å². The Morgan fingerprint density at radius 1 is 1.03 bits per heavy atom. The molecule has 1 amide bonds. The minimum Gasteiger partial charge on any atom is -0.486 e. The Balaban J connectivity index is 1.77. The molecule has 0 aliphatic carbocycles. The van der Waals surface area contributed by atoms with Gasteiger partial charge in [-0.25, -0.2) is 9.59 Å². The number of esters is 2. The van der Waals surface area contributed by atoms with Gasteiger partial charge in [0.2, 0.25) is 0 Å². The Labute approximate surface area is 201 Å². The number of ether oxygens (including phenoxy) is 3. The standard InChI is InChI=1S/C25H27NO7S/c1-5-12-31-24(28)20-16(4)21(25(29)30-6-2)34-23(20)26-22(27)19-11-10-18(33-19)14-32-17-9-7-8-15(3)13-17/h7-11,13H,5-6,12,14H2,1-4H3,(H,26,27). The maximum Gasteiger partial charge on any atom is 0.348 e. The highest BCUT2D eigenvalue weighted by Crippen LogP contribution is 2.35. The highest BCUT2D eigenvalue weighted by atomic mass is 32.1. The maximum atomic E-state index is 12.8. The number of amides is 1. The Kier molecular flexibility index (Phi) is 8.48. The smallest absolute Gasteiger partial charge is 0.348 e. The number of thiophene rings is 1. The number of anilines is 1. The molecule has 0 radical (unpaired) electrons. The summed E-state index contributed by atoms with van der Waals surface area (Å²) in [4.78, 5) is 38.0. The van der Waals surface area contributed by atoms with Crippen LogP contribution in [0.15, 0.2) is 40.8 Å². The second-order valence-corrected chi connectivity index (χ2v) is 8.46. The quantitative estimate of drug-likeness (QED) is 0.376. The van der Waals surface area contributed by atoms with E-state index in [2.05, 4.69) is 5.32 Å². The molecule has 3 rings (SSSR count). The maximum absolute atomic E-state index is 12.8. The minimum absolute atomic E-state index is 0.0412. The second kappa shape index (κ2) is 11.5. The second-order valence-electron chi connectivity index (χ2n) is 7.44. The van der Waals surface area contributed by atoms with Crippen LogP contribution >= 0.6 is 11.3 Å². The number of rotatable bonds is 10. The van der Waals surface area contributed by atoms with Gasteiger partial charge in [0.25, 0.3) is 5.91 Å². The molecule has 2 aromatic heterocycles. The third kappa shape index (κ3) is 6.05. The van der Waals surface area contributed by atoms with Crippen molar-refractivity contribution in [2.24, 2.45) is 0 Å². The predicted molar refractivity (Wildman–Crippen MR) is 128 cm³/mol. The van der Waals surface area contributed by atoms with Crippen LogP contribution in [0, 0.1) is 13.8 Å². The van der Waals surface area contributed by atoms with Gasteiger partial charge in [-0.15, -0.1) is 11.3 Å². The van der Waals surface area contributed by atoms with Crippen molar-refractivity contribution in [2.45, 2.75) is 40.7 Å². The molecule has 1 N–H and O–H groups in total. The molecule has 1 aromatic carbocycles. The van der Waals surface area contributed by atoms with E-state index in [9.17, 15) is 14.4 Å². The van der Waals surface area contributed by atoms with E-state index in [4.69, 9.17) is 18.6 Å². The number of benzene rings is 1. The normalized spacial score (nSPS) is 10.6. The van der Waals surface area contributed by atoms with E-state index in [0.29, 0.717) is 23.5 Å². The highest BCUT2D eigenvalue weighted by molar-refractivity contribution is 7.18. The third-order valence-electron chi connectivity index (χ3n) is 4.73. The van der Waals surface area contributed by atoms with Crippen molar-refractivity contribution >= 4 is 34.2 Å². The lowest BCUT2D eigenvalue weighted by molar-refractivity contribution is 0.0506. The molecule has 0 bridgehead atoms. The van der Waals surface area contributed by atoms with Gasteiger partial charge in [-0.05, 0) is 62.6 Å². The molecule has 34 heavy (non-hydrogen) atoms. The number of hydrogen-bond donors (Lipinski definition) is 1. The van der Waals surface area contributed by atoms with Crippen LogP contribution in [0.1, 0.15) is 67.7 Å². The van der Waals surface area contributed by atoms with Crippen LogP contribution in [0.3, 0.4) is 0 Å². The summed E-state index contributed by atoms with van der Waals surface area (Å²) in [5.74, 6) is -0.554. The van der Waals surface area contributed by atoms with Gasteiger partial charge in [0.05, 0.1) is 18.8 Å². The molecule has 8 nitrogen and oxygen atoms in total. The Hall–Kier alpha value is -3.59. The fraction of sp³-hybridized carbons (Fsp3) is 0.320. The van der Waals surface area contributed by atoms with Gasteiger partial charge in [0.1, 0.15) is 28.0 Å². The summed E-state index contributed by atoms with van der Waals surface area (Å²) in [6.07, 6.45) is 0.640. The largest absolute Gasteiger partial charge is 0.486 e. The summed E-state index contributed by atoms with van der Waals surface area (Å²) in [6.45, 7) is 7.71. The average Bonchev–Trinajstić information content (AvgIpc) is 3.41. The fourth-order valence-corrected chi connectivity index (χ4v) is 4.19. The van der Waals surface area contributed by atoms with E-state index < -0.39 is 17.8 Å². The topological polar surface area (TPSA) is 104 Å². The first kappa shape index (κ1) is 25.0. The van der Waals surface area contributed by atoms with Gasteiger partial charge in [-0.2, -0.15) is 0 Å². The Morgan fingerprint density at radius 3 is 2.53 bits per heavy atom. The van der Waals surface area contributed by atoms with Crippen molar-refractivity contribution < 1.29 is 33.0 Å². The summed E-state index contributed by atoms with van der Waals surface area (Å²) in [5.41, 5.74) is 1.59. The zero-order valence-electron chi connectivity index (χ0n) is 19.6. The first-order valence-electron chi connectivity index (χ1n) is 10.9. The van der Waals surface area contributed by atoms with E-state index in [1.165, 1.54) is 6.07 Å². The van der Waals surface area contributed by atoms with E-state index in [1.807, 2.05) is 38.1 Å². The van der Waals surface area contributed by atoms with Crippen molar-refractivity contribution in [3.8, 4) is 5.75 Å². The summed E-state index contributed by atoms with van der Waals surface area (Å²) < 4.78 is 21.6. The molecule has 0 aliphatic rings. The Bertz CT molecular complexity index is 1180. The van der Waals surface area contributed by atoms with Crippen LogP contribution < -0.4 is 10.1 Å². The molecule has 0 fully saturated rings. The van der Waals surface area contributed by atoms with Crippen LogP contribution in [0.5, 0.6) is 5.75 Å². The number of aryl methyl sites for hydroxylation is 1. The number of carbonyl (C=O) groups is 3. The number of furan rings is 1. The lowest BCUT2D eigenvalue weighted by atomic mass is 10.1. The molecule has 0 aliphatic heterocycles. The zero-order valence-corrected chi connectivity index (χ0v) is 20.4. The van der Waals surface area contributed by atoms with Crippen molar-refractivity contribution in [1.29, 1.82) is 0 Å². The molecule has 9 heteroatoms. The van der Waals surface area contributed by atoms with Crippen LogP contribution in [0.4, 0.5) is 5.00 Å². The third-order valence-corrected chi connectivity index (χ3v) is 5.92. The molecule has 0 saturated carbocycles. The van der Waals surface area contributed by atoms with Crippen molar-refractivity contribution in [3.05, 3.63) is 69.5 Å². The number of carbonyl (C=O) groups excluding carboxylic acids is 3. The summed E-state index contributed by atoms with van der Waals surface area (Å²) in [7, 11) is 0. The van der Waals surface area contributed by atoms with Gasteiger partial charge in [0, 0.05) is 0 Å². The molecule has 2 heterocycles. The van der Waals surface area contributed by atoms with Crippen molar-refractivity contribution in [2.75, 3.05) is 18.5 Å². The molecule has 0 saturated heterocycles. The predicted octanol–water partition coefficient (Wildman–Crippen LogP) is 5.53. The Morgan fingerprint density at radius 2 is 1.82 bits per heavy atom. The van der Waals surface area contributed by atoms with Crippen LogP contribution in [0.25, 0.3) is 0 Å². The molecule has 0 unspecified atom stereocenters. The van der Waals surface area contributed by atoms with Gasteiger partial charge >= 0.3 is 11.9 Å². The van der Waals surface area contributed by atoms with Gasteiger partial charge in [-0.1, -0.05) is 19.1 Å². The van der Waals surface area contributed by atoms with Gasteiger partial charge in [0.15, 0.2) is 5.76 Å². The molecular formula is C25H27NO7S. The zero-order chi connectivity index (χ0) is 24.7. The van der Waals surface area contributed by atoms with E-state index in [0.717, 1.165) is 16.9 Å². The number of hydrogen-bond acceptors (Lipinski definition) is 8.